The third-order valence-corrected chi connectivity index (χ3v) is 3.03. The molecule has 0 aliphatic carbocycles. The summed E-state index contributed by atoms with van der Waals surface area (Å²) in [4.78, 5) is 11.6. The van der Waals surface area contributed by atoms with E-state index < -0.39 is 0 Å². The van der Waals surface area contributed by atoms with Gasteiger partial charge in [-0.3, -0.25) is 4.79 Å². The van der Waals surface area contributed by atoms with E-state index in [9.17, 15) is 4.79 Å². The van der Waals surface area contributed by atoms with E-state index in [2.05, 4.69) is 5.32 Å². The minimum atomic E-state index is -0.125. The topological polar surface area (TPSA) is 47.6 Å². The number of nitrogens with one attached hydrogen (secondary N) is 1. The summed E-state index contributed by atoms with van der Waals surface area (Å²) in [5, 5.41) is 3.52. The van der Waals surface area contributed by atoms with Crippen LogP contribution in [0.3, 0.4) is 0 Å². The van der Waals surface area contributed by atoms with Crippen molar-refractivity contribution >= 4 is 17.5 Å². The maximum absolute atomic E-state index is 11.6. The van der Waals surface area contributed by atoms with Crippen molar-refractivity contribution in [3.05, 3.63) is 28.8 Å². The molecule has 1 atom stereocenters. The van der Waals surface area contributed by atoms with Gasteiger partial charge >= 0.3 is 0 Å². The van der Waals surface area contributed by atoms with Crippen LogP contribution < -0.4 is 10.1 Å². The summed E-state index contributed by atoms with van der Waals surface area (Å²) in [5.74, 6) is 0.553. The number of benzene rings is 1. The Bertz CT molecular complexity index is 430. The summed E-state index contributed by atoms with van der Waals surface area (Å²) < 4.78 is 10.6. The first kappa shape index (κ1) is 13.2. The summed E-state index contributed by atoms with van der Waals surface area (Å²) in [6.45, 7) is 3.21. The van der Waals surface area contributed by atoms with Crippen molar-refractivity contribution in [2.75, 3.05) is 19.8 Å². The van der Waals surface area contributed by atoms with Crippen LogP contribution in [0.2, 0.25) is 5.02 Å². The van der Waals surface area contributed by atoms with E-state index >= 15 is 0 Å². The van der Waals surface area contributed by atoms with Gasteiger partial charge < -0.3 is 14.8 Å². The summed E-state index contributed by atoms with van der Waals surface area (Å²) in [5.41, 5.74) is 0.916. The molecular weight excluding hydrogens is 254 g/mol. The number of carbonyl (C=O) groups is 1. The molecule has 5 heteroatoms. The second kappa shape index (κ2) is 6.07. The minimum absolute atomic E-state index is 0.0129. The molecule has 18 heavy (non-hydrogen) atoms. The molecule has 1 amide bonds. The molecule has 0 aromatic heterocycles. The number of halogens is 1. The van der Waals surface area contributed by atoms with Crippen molar-refractivity contribution < 1.29 is 14.3 Å². The molecule has 1 aliphatic rings. The van der Waals surface area contributed by atoms with Gasteiger partial charge in [0.25, 0.3) is 5.91 Å². The van der Waals surface area contributed by atoms with E-state index in [1.165, 1.54) is 0 Å². The number of ether oxygens (including phenoxy) is 2. The maximum atomic E-state index is 11.6. The average molecular weight is 270 g/mol. The Kier molecular flexibility index (Phi) is 4.44. The number of carbonyl (C=O) groups excluding carboxylic acids is 1. The Labute approximate surface area is 111 Å². The number of hydrogen-bond acceptors (Lipinski definition) is 3. The highest BCUT2D eigenvalue weighted by molar-refractivity contribution is 6.30. The van der Waals surface area contributed by atoms with Gasteiger partial charge in [0.05, 0.1) is 12.6 Å². The fourth-order valence-corrected chi connectivity index (χ4v) is 2.06. The molecule has 1 heterocycles. The lowest BCUT2D eigenvalue weighted by Gasteiger charge is -2.12. The highest BCUT2D eigenvalue weighted by Crippen LogP contribution is 2.21. The van der Waals surface area contributed by atoms with Crippen LogP contribution in [-0.2, 0) is 9.53 Å². The quantitative estimate of drug-likeness (QED) is 0.909. The molecule has 1 saturated heterocycles. The Balaban J connectivity index is 1.81. The van der Waals surface area contributed by atoms with Gasteiger partial charge in [-0.2, -0.15) is 0 Å². The van der Waals surface area contributed by atoms with Crippen molar-refractivity contribution in [3.63, 3.8) is 0 Å². The van der Waals surface area contributed by atoms with Gasteiger partial charge in [0.1, 0.15) is 5.75 Å². The SMILES string of the molecule is Cc1cc(Cl)ccc1OCC(=O)NC1CCOC1. The molecule has 0 radical (unpaired) electrons. The third kappa shape index (κ3) is 3.62. The van der Waals surface area contributed by atoms with E-state index in [0.717, 1.165) is 12.0 Å². The molecule has 1 aliphatic heterocycles. The Morgan fingerprint density at radius 2 is 2.44 bits per heavy atom. The van der Waals surface area contributed by atoms with Crippen LogP contribution >= 0.6 is 11.6 Å². The van der Waals surface area contributed by atoms with E-state index in [1.54, 1.807) is 18.2 Å². The molecule has 2 rings (SSSR count). The fourth-order valence-electron chi connectivity index (χ4n) is 1.84. The van der Waals surface area contributed by atoms with E-state index in [-0.39, 0.29) is 18.6 Å². The van der Waals surface area contributed by atoms with Gasteiger partial charge in [-0.05, 0) is 37.1 Å². The normalized spacial score (nSPS) is 18.7. The van der Waals surface area contributed by atoms with Crippen molar-refractivity contribution in [3.8, 4) is 5.75 Å². The number of hydrogen-bond donors (Lipinski definition) is 1. The molecule has 0 spiro atoms. The second-order valence-electron chi connectivity index (χ2n) is 4.33. The zero-order chi connectivity index (χ0) is 13.0. The maximum Gasteiger partial charge on any atom is 0.258 e. The minimum Gasteiger partial charge on any atom is -0.484 e. The molecular formula is C13H16ClNO3. The van der Waals surface area contributed by atoms with Gasteiger partial charge in [-0.25, -0.2) is 0 Å². The van der Waals surface area contributed by atoms with Gasteiger partial charge in [0, 0.05) is 11.6 Å². The highest BCUT2D eigenvalue weighted by atomic mass is 35.5. The molecule has 1 aromatic carbocycles. The molecule has 4 nitrogen and oxygen atoms in total. The lowest BCUT2D eigenvalue weighted by atomic mass is 10.2. The third-order valence-electron chi connectivity index (χ3n) is 2.79. The highest BCUT2D eigenvalue weighted by Gasteiger charge is 2.17. The Morgan fingerprint density at radius 1 is 1.61 bits per heavy atom. The van der Waals surface area contributed by atoms with Crippen LogP contribution in [0, 0.1) is 6.92 Å². The van der Waals surface area contributed by atoms with E-state index in [1.807, 2.05) is 6.92 Å². The zero-order valence-corrected chi connectivity index (χ0v) is 11.0. The first-order valence-electron chi connectivity index (χ1n) is 5.91. The van der Waals surface area contributed by atoms with Crippen molar-refractivity contribution in [1.82, 2.24) is 5.32 Å². The van der Waals surface area contributed by atoms with Crippen LogP contribution in [-0.4, -0.2) is 31.8 Å². The van der Waals surface area contributed by atoms with Crippen molar-refractivity contribution in [2.24, 2.45) is 0 Å². The van der Waals surface area contributed by atoms with Crippen LogP contribution in [0.4, 0.5) is 0 Å². The van der Waals surface area contributed by atoms with Crippen molar-refractivity contribution in [1.29, 1.82) is 0 Å². The smallest absolute Gasteiger partial charge is 0.258 e. The largest absolute Gasteiger partial charge is 0.484 e. The molecule has 1 N–H and O–H groups in total. The van der Waals surface area contributed by atoms with Crippen LogP contribution in [0.5, 0.6) is 5.75 Å². The van der Waals surface area contributed by atoms with Crippen LogP contribution in [0.25, 0.3) is 0 Å². The summed E-state index contributed by atoms with van der Waals surface area (Å²) in [6, 6.07) is 5.43. The second-order valence-corrected chi connectivity index (χ2v) is 4.76. The number of rotatable bonds is 4. The lowest BCUT2D eigenvalue weighted by molar-refractivity contribution is -0.123. The first-order chi connectivity index (χ1) is 8.65. The predicted molar refractivity (Wildman–Crippen MR) is 69.1 cm³/mol. The first-order valence-corrected chi connectivity index (χ1v) is 6.29. The van der Waals surface area contributed by atoms with E-state index in [4.69, 9.17) is 21.1 Å². The molecule has 1 aromatic rings. The van der Waals surface area contributed by atoms with Crippen molar-refractivity contribution in [2.45, 2.75) is 19.4 Å². The average Bonchev–Trinajstić information content (AvgIpc) is 2.80. The monoisotopic (exact) mass is 269 g/mol. The summed E-state index contributed by atoms with van der Waals surface area (Å²) in [6.07, 6.45) is 0.867. The molecule has 98 valence electrons. The summed E-state index contributed by atoms with van der Waals surface area (Å²) >= 11 is 5.84. The van der Waals surface area contributed by atoms with Gasteiger partial charge in [0.2, 0.25) is 0 Å². The van der Waals surface area contributed by atoms with Gasteiger partial charge in [-0.15, -0.1) is 0 Å². The molecule has 0 bridgehead atoms. The Hall–Kier alpha value is -1.26. The molecule has 1 fully saturated rings. The number of amides is 1. The van der Waals surface area contributed by atoms with Gasteiger partial charge in [-0.1, -0.05) is 11.6 Å². The standard InChI is InChI=1S/C13H16ClNO3/c1-9-6-10(14)2-3-12(9)18-8-13(16)15-11-4-5-17-7-11/h2-3,6,11H,4-5,7-8H2,1H3,(H,15,16). The van der Waals surface area contributed by atoms with Gasteiger partial charge in [0.15, 0.2) is 6.61 Å². The predicted octanol–water partition coefficient (Wildman–Crippen LogP) is 1.93. The molecule has 0 saturated carbocycles. The van der Waals surface area contributed by atoms with Crippen LogP contribution in [0.1, 0.15) is 12.0 Å². The fraction of sp³-hybridized carbons (Fsp3) is 0.462. The zero-order valence-electron chi connectivity index (χ0n) is 10.2. The summed E-state index contributed by atoms with van der Waals surface area (Å²) in [7, 11) is 0. The van der Waals surface area contributed by atoms with E-state index in [0.29, 0.717) is 24.0 Å². The number of aryl methyl sites for hydroxylation is 1. The Morgan fingerprint density at radius 3 is 3.11 bits per heavy atom. The molecule has 1 unspecified atom stereocenters. The van der Waals surface area contributed by atoms with Crippen LogP contribution in [0.15, 0.2) is 18.2 Å². The lowest BCUT2D eigenvalue weighted by Crippen LogP contribution is -2.38.